The van der Waals surface area contributed by atoms with Crippen LogP contribution in [0.5, 0.6) is 0 Å². The van der Waals surface area contributed by atoms with Gasteiger partial charge >= 0.3 is 0 Å². The van der Waals surface area contributed by atoms with Crippen LogP contribution in [-0.4, -0.2) is 20.3 Å². The summed E-state index contributed by atoms with van der Waals surface area (Å²) in [5, 5.41) is 0. The fraction of sp³-hybridized carbons (Fsp3) is 0.250. The zero-order valence-corrected chi connectivity index (χ0v) is 9.34. The Labute approximate surface area is 94.0 Å². The number of nitrogens with zero attached hydrogens (tertiary/aromatic N) is 3. The molecule has 0 aromatic carbocycles. The van der Waals surface area contributed by atoms with Crippen LogP contribution in [0.4, 0.5) is 0 Å². The highest BCUT2D eigenvalue weighted by atomic mass is 16.1. The Morgan fingerprint density at radius 3 is 2.88 bits per heavy atom. The third kappa shape index (κ3) is 2.00. The third-order valence-electron chi connectivity index (χ3n) is 2.58. The lowest BCUT2D eigenvalue weighted by Gasteiger charge is -2.04. The molecule has 0 radical (unpaired) electrons. The maximum atomic E-state index is 12.0. The summed E-state index contributed by atoms with van der Waals surface area (Å²) in [4.78, 5) is 20.1. The summed E-state index contributed by atoms with van der Waals surface area (Å²) in [5.41, 5.74) is 1.62. The molecule has 0 amide bonds. The number of aromatic nitrogens is 3. The summed E-state index contributed by atoms with van der Waals surface area (Å²) < 4.78 is 1.85. The first-order valence-corrected chi connectivity index (χ1v) is 5.08. The summed E-state index contributed by atoms with van der Waals surface area (Å²) in [7, 11) is 1.88. The number of aryl methyl sites for hydroxylation is 2. The first kappa shape index (κ1) is 10.5. The van der Waals surface area contributed by atoms with E-state index in [0.717, 1.165) is 11.4 Å². The molecule has 2 aromatic heterocycles. The number of imidazole rings is 1. The smallest absolute Gasteiger partial charge is 0.172 e. The van der Waals surface area contributed by atoms with Gasteiger partial charge in [0.25, 0.3) is 0 Å². The third-order valence-corrected chi connectivity index (χ3v) is 2.58. The van der Waals surface area contributed by atoms with Crippen molar-refractivity contribution in [2.24, 2.45) is 7.05 Å². The first-order valence-electron chi connectivity index (χ1n) is 5.08. The van der Waals surface area contributed by atoms with Gasteiger partial charge in [-0.25, -0.2) is 4.98 Å². The molecular formula is C12H13N3O. The lowest BCUT2D eigenvalue weighted by Crippen LogP contribution is -2.09. The van der Waals surface area contributed by atoms with Crippen molar-refractivity contribution in [2.75, 3.05) is 0 Å². The van der Waals surface area contributed by atoms with Gasteiger partial charge in [0.2, 0.25) is 0 Å². The number of hydrogen-bond acceptors (Lipinski definition) is 3. The van der Waals surface area contributed by atoms with Gasteiger partial charge in [0.1, 0.15) is 5.82 Å². The number of Topliss-reactive ketones (excluding diaryl/α,β-unsaturated/α-hetero) is 1. The van der Waals surface area contributed by atoms with E-state index in [4.69, 9.17) is 0 Å². The predicted molar refractivity (Wildman–Crippen MR) is 60.2 cm³/mol. The van der Waals surface area contributed by atoms with Crippen LogP contribution >= 0.6 is 0 Å². The van der Waals surface area contributed by atoms with Gasteiger partial charge in [-0.2, -0.15) is 0 Å². The van der Waals surface area contributed by atoms with Crippen molar-refractivity contribution < 1.29 is 4.79 Å². The Hall–Kier alpha value is -1.97. The van der Waals surface area contributed by atoms with Crippen LogP contribution < -0.4 is 0 Å². The highest BCUT2D eigenvalue weighted by Crippen LogP contribution is 2.09. The molecule has 0 spiro atoms. The quantitative estimate of drug-likeness (QED) is 0.730. The lowest BCUT2D eigenvalue weighted by atomic mass is 10.1. The van der Waals surface area contributed by atoms with Crippen LogP contribution in [0, 0.1) is 6.92 Å². The monoisotopic (exact) mass is 215 g/mol. The van der Waals surface area contributed by atoms with Crippen molar-refractivity contribution in [3.63, 3.8) is 0 Å². The Kier molecular flexibility index (Phi) is 2.81. The molecule has 4 nitrogen and oxygen atoms in total. The molecule has 82 valence electrons. The average molecular weight is 215 g/mol. The van der Waals surface area contributed by atoms with Crippen LogP contribution in [0.3, 0.4) is 0 Å². The zero-order chi connectivity index (χ0) is 11.5. The Morgan fingerprint density at radius 1 is 1.44 bits per heavy atom. The van der Waals surface area contributed by atoms with Crippen molar-refractivity contribution >= 4 is 5.78 Å². The second kappa shape index (κ2) is 4.26. The van der Waals surface area contributed by atoms with E-state index in [1.807, 2.05) is 30.8 Å². The Balaban J connectivity index is 2.22. The number of rotatable bonds is 3. The van der Waals surface area contributed by atoms with E-state index in [0.29, 0.717) is 12.0 Å². The van der Waals surface area contributed by atoms with Crippen molar-refractivity contribution in [1.29, 1.82) is 0 Å². The topological polar surface area (TPSA) is 47.8 Å². The van der Waals surface area contributed by atoms with Gasteiger partial charge in [0.15, 0.2) is 5.78 Å². The van der Waals surface area contributed by atoms with Crippen molar-refractivity contribution in [3.8, 4) is 0 Å². The number of ketones is 1. The average Bonchev–Trinajstić information content (AvgIpc) is 2.65. The van der Waals surface area contributed by atoms with E-state index in [1.54, 1.807) is 18.6 Å². The first-order chi connectivity index (χ1) is 7.68. The van der Waals surface area contributed by atoms with Crippen molar-refractivity contribution in [3.05, 3.63) is 47.8 Å². The summed E-state index contributed by atoms with van der Waals surface area (Å²) in [6.45, 7) is 1.91. The summed E-state index contributed by atoms with van der Waals surface area (Å²) in [6.07, 6.45) is 7.14. The van der Waals surface area contributed by atoms with E-state index in [1.165, 1.54) is 0 Å². The van der Waals surface area contributed by atoms with Gasteiger partial charge in [-0.1, -0.05) is 0 Å². The maximum Gasteiger partial charge on any atom is 0.172 e. The molecule has 2 heterocycles. The molecule has 2 aromatic rings. The van der Waals surface area contributed by atoms with Crippen LogP contribution in [0.1, 0.15) is 21.7 Å². The van der Waals surface area contributed by atoms with Crippen LogP contribution in [0.25, 0.3) is 0 Å². The molecule has 0 N–H and O–H groups in total. The number of hydrogen-bond donors (Lipinski definition) is 0. The largest absolute Gasteiger partial charge is 0.338 e. The van der Waals surface area contributed by atoms with Crippen molar-refractivity contribution in [2.45, 2.75) is 13.3 Å². The fourth-order valence-corrected chi connectivity index (χ4v) is 1.56. The second-order valence-corrected chi connectivity index (χ2v) is 3.74. The minimum absolute atomic E-state index is 0.0555. The molecule has 4 heteroatoms. The van der Waals surface area contributed by atoms with Gasteiger partial charge in [-0.3, -0.25) is 9.78 Å². The van der Waals surface area contributed by atoms with E-state index >= 15 is 0 Å². The molecule has 2 rings (SSSR count). The molecule has 16 heavy (non-hydrogen) atoms. The predicted octanol–water partition coefficient (Wildman–Crippen LogP) is 1.55. The standard InChI is InChI=1S/C12H13N3O/c1-9-3-4-13-8-10(9)11(16)7-12-14-5-6-15(12)2/h3-6,8H,7H2,1-2H3. The Bertz CT molecular complexity index is 516. The molecule has 0 aliphatic rings. The zero-order valence-electron chi connectivity index (χ0n) is 9.34. The van der Waals surface area contributed by atoms with Crippen molar-refractivity contribution in [1.82, 2.24) is 14.5 Å². The summed E-state index contributed by atoms with van der Waals surface area (Å²) in [5.74, 6) is 0.827. The van der Waals surface area contributed by atoms with E-state index in [2.05, 4.69) is 9.97 Å². The molecule has 0 unspecified atom stereocenters. The normalized spacial score (nSPS) is 10.4. The molecule has 0 aliphatic heterocycles. The summed E-state index contributed by atoms with van der Waals surface area (Å²) in [6, 6.07) is 1.84. The molecule has 0 fully saturated rings. The van der Waals surface area contributed by atoms with Gasteiger partial charge < -0.3 is 4.57 Å². The minimum atomic E-state index is 0.0555. The maximum absolute atomic E-state index is 12.0. The van der Waals surface area contributed by atoms with E-state index in [9.17, 15) is 4.79 Å². The van der Waals surface area contributed by atoms with Gasteiger partial charge in [0, 0.05) is 37.4 Å². The highest BCUT2D eigenvalue weighted by molar-refractivity contribution is 5.98. The van der Waals surface area contributed by atoms with Crippen LogP contribution in [-0.2, 0) is 13.5 Å². The van der Waals surface area contributed by atoms with Crippen LogP contribution in [0.2, 0.25) is 0 Å². The molecule has 0 atom stereocenters. The number of pyridine rings is 1. The van der Waals surface area contributed by atoms with Gasteiger partial charge in [-0.15, -0.1) is 0 Å². The minimum Gasteiger partial charge on any atom is -0.338 e. The molecule has 0 aliphatic carbocycles. The van der Waals surface area contributed by atoms with Gasteiger partial charge in [-0.05, 0) is 18.6 Å². The van der Waals surface area contributed by atoms with E-state index < -0.39 is 0 Å². The Morgan fingerprint density at radius 2 is 2.25 bits per heavy atom. The lowest BCUT2D eigenvalue weighted by molar-refractivity contribution is 0.0989. The van der Waals surface area contributed by atoms with Crippen LogP contribution in [0.15, 0.2) is 30.9 Å². The van der Waals surface area contributed by atoms with E-state index in [-0.39, 0.29) is 5.78 Å². The fourth-order valence-electron chi connectivity index (χ4n) is 1.56. The molecule has 0 bridgehead atoms. The molecule has 0 saturated heterocycles. The number of carbonyl (C=O) groups excluding carboxylic acids is 1. The summed E-state index contributed by atoms with van der Waals surface area (Å²) >= 11 is 0. The highest BCUT2D eigenvalue weighted by Gasteiger charge is 2.12. The molecular weight excluding hydrogens is 202 g/mol. The SMILES string of the molecule is Cc1ccncc1C(=O)Cc1nccn1C. The molecule has 0 saturated carbocycles. The number of carbonyl (C=O) groups is 1. The second-order valence-electron chi connectivity index (χ2n) is 3.74. The van der Waals surface area contributed by atoms with Gasteiger partial charge in [0.05, 0.1) is 6.42 Å².